The third-order valence-corrected chi connectivity index (χ3v) is 3.23. The molecular formula is C13H11FN2O2S. The lowest BCUT2D eigenvalue weighted by molar-refractivity contribution is -0.120. The molecule has 0 saturated heterocycles. The van der Waals surface area contributed by atoms with Gasteiger partial charge in [0.1, 0.15) is 11.9 Å². The highest BCUT2D eigenvalue weighted by Crippen LogP contribution is 2.15. The Hall–Kier alpha value is -2.21. The molecule has 3 N–H and O–H groups in total. The summed E-state index contributed by atoms with van der Waals surface area (Å²) < 4.78 is 12.8. The number of amides is 2. The fourth-order valence-corrected chi connectivity index (χ4v) is 2.22. The third kappa shape index (κ3) is 3.17. The summed E-state index contributed by atoms with van der Waals surface area (Å²) in [5.74, 6) is -1.51. The van der Waals surface area contributed by atoms with Gasteiger partial charge in [0.25, 0.3) is 5.91 Å². The molecule has 0 spiro atoms. The second-order valence-corrected chi connectivity index (χ2v) is 4.65. The number of primary amides is 1. The largest absolute Gasteiger partial charge is 0.368 e. The van der Waals surface area contributed by atoms with E-state index in [1.807, 2.05) is 0 Å². The molecule has 2 aromatic rings. The molecular weight excluding hydrogens is 267 g/mol. The lowest BCUT2D eigenvalue weighted by Crippen LogP contribution is -2.37. The van der Waals surface area contributed by atoms with E-state index < -0.39 is 23.7 Å². The van der Waals surface area contributed by atoms with Crippen LogP contribution in [0, 0.1) is 5.82 Å². The van der Waals surface area contributed by atoms with Gasteiger partial charge in [-0.1, -0.05) is 12.1 Å². The number of halogens is 1. The number of hydrogen-bond donors (Lipinski definition) is 2. The Morgan fingerprint density at radius 2 is 1.89 bits per heavy atom. The zero-order valence-corrected chi connectivity index (χ0v) is 10.6. The topological polar surface area (TPSA) is 72.2 Å². The average Bonchev–Trinajstić information content (AvgIpc) is 2.90. The van der Waals surface area contributed by atoms with Crippen molar-refractivity contribution in [2.45, 2.75) is 6.04 Å². The first-order valence-corrected chi connectivity index (χ1v) is 6.40. The van der Waals surface area contributed by atoms with E-state index in [1.54, 1.807) is 16.8 Å². The molecule has 0 aliphatic heterocycles. The fourth-order valence-electron chi connectivity index (χ4n) is 1.58. The first-order chi connectivity index (χ1) is 9.08. The standard InChI is InChI=1S/C13H11FN2O2S/c14-10-3-1-8(2-4-10)11(12(15)17)16-13(18)9-5-6-19-7-9/h1-7,11H,(H2,15,17)(H,16,18). The van der Waals surface area contributed by atoms with Gasteiger partial charge in [-0.2, -0.15) is 11.3 Å². The number of hydrogen-bond acceptors (Lipinski definition) is 3. The molecule has 1 aromatic heterocycles. The summed E-state index contributed by atoms with van der Waals surface area (Å²) in [6.45, 7) is 0. The second kappa shape index (κ2) is 5.62. The van der Waals surface area contributed by atoms with Gasteiger partial charge < -0.3 is 11.1 Å². The summed E-state index contributed by atoms with van der Waals surface area (Å²) in [5, 5.41) is 5.95. The van der Waals surface area contributed by atoms with Crippen LogP contribution >= 0.6 is 11.3 Å². The van der Waals surface area contributed by atoms with E-state index in [2.05, 4.69) is 5.32 Å². The van der Waals surface area contributed by atoms with E-state index in [4.69, 9.17) is 5.73 Å². The average molecular weight is 278 g/mol. The smallest absolute Gasteiger partial charge is 0.253 e. The van der Waals surface area contributed by atoms with Crippen LogP contribution in [0.4, 0.5) is 4.39 Å². The number of nitrogens with two attached hydrogens (primary N) is 1. The Labute approximate surface area is 113 Å². The van der Waals surface area contributed by atoms with Gasteiger partial charge in [-0.3, -0.25) is 9.59 Å². The molecule has 1 aromatic carbocycles. The summed E-state index contributed by atoms with van der Waals surface area (Å²) in [4.78, 5) is 23.3. The molecule has 4 nitrogen and oxygen atoms in total. The first-order valence-electron chi connectivity index (χ1n) is 5.46. The number of carbonyl (C=O) groups excluding carboxylic acids is 2. The van der Waals surface area contributed by atoms with Crippen LogP contribution in [-0.2, 0) is 4.79 Å². The molecule has 0 radical (unpaired) electrons. The molecule has 0 bridgehead atoms. The fraction of sp³-hybridized carbons (Fsp3) is 0.0769. The van der Waals surface area contributed by atoms with Crippen LogP contribution in [0.1, 0.15) is 22.0 Å². The van der Waals surface area contributed by atoms with E-state index in [1.165, 1.54) is 35.6 Å². The Morgan fingerprint density at radius 3 is 2.42 bits per heavy atom. The zero-order valence-electron chi connectivity index (χ0n) is 9.80. The predicted octanol–water partition coefficient (Wildman–Crippen LogP) is 1.84. The van der Waals surface area contributed by atoms with Gasteiger partial charge in [0.2, 0.25) is 5.91 Å². The maximum Gasteiger partial charge on any atom is 0.253 e. The van der Waals surface area contributed by atoms with Crippen molar-refractivity contribution < 1.29 is 14.0 Å². The maximum absolute atomic E-state index is 12.8. The number of nitrogens with one attached hydrogen (secondary N) is 1. The van der Waals surface area contributed by atoms with E-state index in [-0.39, 0.29) is 0 Å². The summed E-state index contributed by atoms with van der Waals surface area (Å²) in [6.07, 6.45) is 0. The van der Waals surface area contributed by atoms with E-state index in [0.717, 1.165) is 0 Å². The Morgan fingerprint density at radius 1 is 1.21 bits per heavy atom. The molecule has 1 atom stereocenters. The molecule has 1 unspecified atom stereocenters. The number of rotatable bonds is 4. The molecule has 98 valence electrons. The number of thiophene rings is 1. The lowest BCUT2D eigenvalue weighted by Gasteiger charge is -2.15. The molecule has 0 saturated carbocycles. The molecule has 1 heterocycles. The van der Waals surface area contributed by atoms with Crippen LogP contribution in [0.5, 0.6) is 0 Å². The summed E-state index contributed by atoms with van der Waals surface area (Å²) in [7, 11) is 0. The molecule has 0 fully saturated rings. The lowest BCUT2D eigenvalue weighted by atomic mass is 10.1. The van der Waals surface area contributed by atoms with Crippen LogP contribution in [0.2, 0.25) is 0 Å². The van der Waals surface area contributed by atoms with Crippen LogP contribution in [0.3, 0.4) is 0 Å². The van der Waals surface area contributed by atoms with Crippen molar-refractivity contribution in [3.8, 4) is 0 Å². The monoisotopic (exact) mass is 278 g/mol. The molecule has 19 heavy (non-hydrogen) atoms. The predicted molar refractivity (Wildman–Crippen MR) is 70.1 cm³/mol. The van der Waals surface area contributed by atoms with Crippen molar-refractivity contribution in [3.63, 3.8) is 0 Å². The van der Waals surface area contributed by atoms with Crippen molar-refractivity contribution in [1.29, 1.82) is 0 Å². The molecule has 0 aliphatic carbocycles. The highest BCUT2D eigenvalue weighted by Gasteiger charge is 2.21. The SMILES string of the molecule is NC(=O)C(NC(=O)c1ccsc1)c1ccc(F)cc1. The molecule has 6 heteroatoms. The quantitative estimate of drug-likeness (QED) is 0.895. The molecule has 2 rings (SSSR count). The van der Waals surface area contributed by atoms with Gasteiger partial charge in [-0.05, 0) is 29.1 Å². The maximum atomic E-state index is 12.8. The van der Waals surface area contributed by atoms with E-state index in [9.17, 15) is 14.0 Å². The number of benzene rings is 1. The first kappa shape index (κ1) is 13.2. The van der Waals surface area contributed by atoms with Crippen molar-refractivity contribution in [1.82, 2.24) is 5.32 Å². The minimum absolute atomic E-state index is 0.394. The van der Waals surface area contributed by atoms with E-state index in [0.29, 0.717) is 11.1 Å². The second-order valence-electron chi connectivity index (χ2n) is 3.87. The number of carbonyl (C=O) groups is 2. The zero-order chi connectivity index (χ0) is 13.8. The Bertz CT molecular complexity index is 581. The van der Waals surface area contributed by atoms with Gasteiger partial charge >= 0.3 is 0 Å². The van der Waals surface area contributed by atoms with Crippen molar-refractivity contribution in [2.24, 2.45) is 5.73 Å². The Kier molecular flexibility index (Phi) is 3.91. The van der Waals surface area contributed by atoms with Gasteiger partial charge in [-0.25, -0.2) is 4.39 Å². The van der Waals surface area contributed by atoms with Crippen LogP contribution in [0.15, 0.2) is 41.1 Å². The summed E-state index contributed by atoms with van der Waals surface area (Å²) >= 11 is 1.37. The van der Waals surface area contributed by atoms with Gasteiger partial charge in [0, 0.05) is 5.38 Å². The highest BCUT2D eigenvalue weighted by atomic mass is 32.1. The van der Waals surface area contributed by atoms with Crippen LogP contribution < -0.4 is 11.1 Å². The molecule has 2 amide bonds. The van der Waals surface area contributed by atoms with E-state index >= 15 is 0 Å². The third-order valence-electron chi connectivity index (χ3n) is 2.55. The van der Waals surface area contributed by atoms with Gasteiger partial charge in [-0.15, -0.1) is 0 Å². The summed E-state index contributed by atoms with van der Waals surface area (Å²) in [6, 6.07) is 5.91. The Balaban J connectivity index is 2.19. The minimum atomic E-state index is -0.979. The van der Waals surface area contributed by atoms with Crippen molar-refractivity contribution >= 4 is 23.2 Å². The van der Waals surface area contributed by atoms with Crippen molar-refractivity contribution in [3.05, 3.63) is 58.0 Å². The van der Waals surface area contributed by atoms with Crippen molar-refractivity contribution in [2.75, 3.05) is 0 Å². The normalized spacial score (nSPS) is 11.8. The summed E-state index contributed by atoms with van der Waals surface area (Å²) in [5.41, 5.74) is 6.16. The minimum Gasteiger partial charge on any atom is -0.368 e. The van der Waals surface area contributed by atoms with Gasteiger partial charge in [0.15, 0.2) is 0 Å². The van der Waals surface area contributed by atoms with Crippen LogP contribution in [-0.4, -0.2) is 11.8 Å². The van der Waals surface area contributed by atoms with Gasteiger partial charge in [0.05, 0.1) is 5.56 Å². The van der Waals surface area contributed by atoms with Crippen LogP contribution in [0.25, 0.3) is 0 Å². The molecule has 0 aliphatic rings. The highest BCUT2D eigenvalue weighted by molar-refractivity contribution is 7.08.